The van der Waals surface area contributed by atoms with Gasteiger partial charge < -0.3 is 16.3 Å². The topological polar surface area (TPSA) is 101 Å². The van der Waals surface area contributed by atoms with Gasteiger partial charge in [-0.2, -0.15) is 0 Å². The minimum absolute atomic E-state index is 0.00872. The summed E-state index contributed by atoms with van der Waals surface area (Å²) in [6.07, 6.45) is 4.02. The molecule has 1 amide bonds. The lowest BCUT2D eigenvalue weighted by Crippen LogP contribution is -2.41. The predicted octanol–water partition coefficient (Wildman–Crippen LogP) is 1.41. The standard InChI is InChI=1S/C12H18N4O2S/c1-3-8-6-14-9(19-8)7(2)15-11(17)12(4-5-12)10(13)16-18/h6-7,18H,3-5H2,1-2H3,(H2,13,16)(H,15,17). The van der Waals surface area contributed by atoms with E-state index >= 15 is 0 Å². The molecule has 1 aromatic heterocycles. The number of aryl methyl sites for hydroxylation is 1. The largest absolute Gasteiger partial charge is 0.409 e. The van der Waals surface area contributed by atoms with Crippen LogP contribution in [0.2, 0.25) is 0 Å². The van der Waals surface area contributed by atoms with E-state index in [1.165, 1.54) is 4.88 Å². The summed E-state index contributed by atoms with van der Waals surface area (Å²) in [5, 5.41) is 15.4. The summed E-state index contributed by atoms with van der Waals surface area (Å²) in [6.45, 7) is 3.96. The van der Waals surface area contributed by atoms with Crippen molar-refractivity contribution in [3.8, 4) is 0 Å². The van der Waals surface area contributed by atoms with Crippen LogP contribution in [0.4, 0.5) is 0 Å². The van der Waals surface area contributed by atoms with E-state index in [0.717, 1.165) is 11.4 Å². The zero-order valence-electron chi connectivity index (χ0n) is 11.0. The maximum Gasteiger partial charge on any atom is 0.234 e. The van der Waals surface area contributed by atoms with Crippen LogP contribution in [-0.4, -0.2) is 21.9 Å². The van der Waals surface area contributed by atoms with Crippen LogP contribution < -0.4 is 11.1 Å². The fraction of sp³-hybridized carbons (Fsp3) is 0.583. The molecular weight excluding hydrogens is 264 g/mol. The molecule has 0 aromatic carbocycles. The monoisotopic (exact) mass is 282 g/mol. The highest BCUT2D eigenvalue weighted by Gasteiger charge is 2.54. The molecule has 1 aliphatic carbocycles. The van der Waals surface area contributed by atoms with Crippen LogP contribution in [0.1, 0.15) is 42.6 Å². The molecule has 0 aliphatic heterocycles. The molecule has 1 heterocycles. The first-order valence-electron chi connectivity index (χ1n) is 6.27. The molecule has 1 unspecified atom stereocenters. The van der Waals surface area contributed by atoms with Gasteiger partial charge in [-0.3, -0.25) is 4.79 Å². The van der Waals surface area contributed by atoms with Crippen molar-refractivity contribution in [1.82, 2.24) is 10.3 Å². The number of carbonyl (C=O) groups excluding carboxylic acids is 1. The summed E-state index contributed by atoms with van der Waals surface area (Å²) >= 11 is 1.59. The Bertz CT molecular complexity index is 508. The molecule has 1 saturated carbocycles. The Morgan fingerprint density at radius 1 is 1.74 bits per heavy atom. The highest BCUT2D eigenvalue weighted by atomic mass is 32.1. The van der Waals surface area contributed by atoms with Gasteiger partial charge in [-0.05, 0) is 26.2 Å². The molecule has 1 aromatic rings. The van der Waals surface area contributed by atoms with E-state index in [4.69, 9.17) is 10.9 Å². The number of thiazole rings is 1. The minimum Gasteiger partial charge on any atom is -0.409 e. The quantitative estimate of drug-likeness (QED) is 0.329. The zero-order valence-corrected chi connectivity index (χ0v) is 11.8. The number of nitrogens with two attached hydrogens (primary N) is 1. The maximum atomic E-state index is 12.2. The lowest BCUT2D eigenvalue weighted by atomic mass is 10.0. The van der Waals surface area contributed by atoms with Gasteiger partial charge in [0.2, 0.25) is 5.91 Å². The first-order valence-corrected chi connectivity index (χ1v) is 7.08. The van der Waals surface area contributed by atoms with Crippen molar-refractivity contribution in [2.45, 2.75) is 39.2 Å². The molecule has 104 valence electrons. The Hall–Kier alpha value is -1.63. The van der Waals surface area contributed by atoms with Crippen LogP contribution in [0.25, 0.3) is 0 Å². The summed E-state index contributed by atoms with van der Waals surface area (Å²) in [5.74, 6) is -0.200. The van der Waals surface area contributed by atoms with E-state index in [2.05, 4.69) is 22.4 Å². The van der Waals surface area contributed by atoms with Crippen molar-refractivity contribution in [1.29, 1.82) is 0 Å². The fourth-order valence-electron chi connectivity index (χ4n) is 1.90. The highest BCUT2D eigenvalue weighted by Crippen LogP contribution is 2.46. The van der Waals surface area contributed by atoms with Gasteiger partial charge in [0.15, 0.2) is 5.84 Å². The van der Waals surface area contributed by atoms with Crippen molar-refractivity contribution in [3.05, 3.63) is 16.1 Å². The third-order valence-corrected chi connectivity index (χ3v) is 4.74. The SMILES string of the molecule is CCc1cnc(C(C)NC(=O)C2(C(N)=NO)CC2)s1. The molecule has 7 heteroatoms. The van der Waals surface area contributed by atoms with Crippen molar-refractivity contribution in [2.75, 3.05) is 0 Å². The molecule has 1 aliphatic rings. The molecule has 4 N–H and O–H groups in total. The van der Waals surface area contributed by atoms with Crippen LogP contribution in [0.5, 0.6) is 0 Å². The third-order valence-electron chi connectivity index (χ3n) is 3.42. The minimum atomic E-state index is -0.812. The first-order chi connectivity index (χ1) is 9.03. The Kier molecular flexibility index (Phi) is 3.75. The molecule has 0 bridgehead atoms. The summed E-state index contributed by atoms with van der Waals surface area (Å²) in [7, 11) is 0. The van der Waals surface area contributed by atoms with E-state index in [0.29, 0.717) is 12.8 Å². The number of aromatic nitrogens is 1. The highest BCUT2D eigenvalue weighted by molar-refractivity contribution is 7.11. The number of hydrogen-bond donors (Lipinski definition) is 3. The van der Waals surface area contributed by atoms with Crippen molar-refractivity contribution in [3.63, 3.8) is 0 Å². The van der Waals surface area contributed by atoms with E-state index in [-0.39, 0.29) is 17.8 Å². The van der Waals surface area contributed by atoms with Crippen molar-refractivity contribution < 1.29 is 10.0 Å². The second kappa shape index (κ2) is 5.16. The number of nitrogens with zero attached hydrogens (tertiary/aromatic N) is 2. The van der Waals surface area contributed by atoms with Gasteiger partial charge in [0.1, 0.15) is 10.4 Å². The van der Waals surface area contributed by atoms with Gasteiger partial charge in [-0.1, -0.05) is 12.1 Å². The van der Waals surface area contributed by atoms with Crippen LogP contribution in [0.3, 0.4) is 0 Å². The fourth-order valence-corrected chi connectivity index (χ4v) is 2.76. The predicted molar refractivity (Wildman–Crippen MR) is 73.1 cm³/mol. The number of amides is 1. The average Bonchev–Trinajstić information content (AvgIpc) is 3.08. The lowest BCUT2D eigenvalue weighted by Gasteiger charge is -2.17. The Balaban J connectivity index is 2.03. The van der Waals surface area contributed by atoms with Crippen molar-refractivity contribution in [2.24, 2.45) is 16.3 Å². The van der Waals surface area contributed by atoms with Gasteiger partial charge in [-0.15, -0.1) is 11.3 Å². The van der Waals surface area contributed by atoms with E-state index in [1.54, 1.807) is 11.3 Å². The molecule has 1 fully saturated rings. The normalized spacial score (nSPS) is 18.9. The molecular formula is C12H18N4O2S. The smallest absolute Gasteiger partial charge is 0.234 e. The van der Waals surface area contributed by atoms with Crippen LogP contribution in [0.15, 0.2) is 11.4 Å². The Morgan fingerprint density at radius 2 is 2.42 bits per heavy atom. The van der Waals surface area contributed by atoms with Gasteiger partial charge in [-0.25, -0.2) is 4.98 Å². The molecule has 0 radical (unpaired) electrons. The third kappa shape index (κ3) is 2.56. The summed E-state index contributed by atoms with van der Waals surface area (Å²) < 4.78 is 0. The van der Waals surface area contributed by atoms with E-state index < -0.39 is 5.41 Å². The Morgan fingerprint density at radius 3 is 2.89 bits per heavy atom. The van der Waals surface area contributed by atoms with Crippen LogP contribution >= 0.6 is 11.3 Å². The maximum absolute atomic E-state index is 12.2. The number of amidine groups is 1. The van der Waals surface area contributed by atoms with Gasteiger partial charge in [0.25, 0.3) is 0 Å². The van der Waals surface area contributed by atoms with Gasteiger partial charge in [0.05, 0.1) is 6.04 Å². The van der Waals surface area contributed by atoms with Crippen LogP contribution in [0, 0.1) is 5.41 Å². The zero-order chi connectivity index (χ0) is 14.0. The van der Waals surface area contributed by atoms with Crippen molar-refractivity contribution >= 4 is 23.1 Å². The molecule has 0 spiro atoms. The van der Waals surface area contributed by atoms with Gasteiger partial charge in [0, 0.05) is 11.1 Å². The number of carbonyl (C=O) groups is 1. The van der Waals surface area contributed by atoms with Gasteiger partial charge >= 0.3 is 0 Å². The Labute approximate surface area is 115 Å². The number of oxime groups is 1. The molecule has 1 atom stereocenters. The first kappa shape index (κ1) is 13.8. The molecule has 19 heavy (non-hydrogen) atoms. The molecule has 0 saturated heterocycles. The number of nitrogens with one attached hydrogen (secondary N) is 1. The number of rotatable bonds is 5. The summed E-state index contributed by atoms with van der Waals surface area (Å²) in [6, 6.07) is -0.165. The second-order valence-corrected chi connectivity index (χ2v) is 5.93. The summed E-state index contributed by atoms with van der Waals surface area (Å²) in [5.41, 5.74) is 4.77. The van der Waals surface area contributed by atoms with E-state index in [9.17, 15) is 4.79 Å². The van der Waals surface area contributed by atoms with Crippen LogP contribution in [-0.2, 0) is 11.2 Å². The lowest BCUT2D eigenvalue weighted by molar-refractivity contribution is -0.124. The summed E-state index contributed by atoms with van der Waals surface area (Å²) in [4.78, 5) is 17.7. The second-order valence-electron chi connectivity index (χ2n) is 4.78. The molecule has 2 rings (SSSR count). The molecule has 6 nitrogen and oxygen atoms in total. The van der Waals surface area contributed by atoms with E-state index in [1.807, 2.05) is 13.1 Å². The number of hydrogen-bond acceptors (Lipinski definition) is 5. The average molecular weight is 282 g/mol.